The van der Waals surface area contributed by atoms with Crippen LogP contribution in [0.15, 0.2) is 0 Å². The first-order valence-corrected chi connectivity index (χ1v) is 3.17. The number of hydrogen-bond acceptors (Lipinski definition) is 2. The second-order valence-electron chi connectivity index (χ2n) is 2.36. The Morgan fingerprint density at radius 3 is 2.30 bits per heavy atom. The standard InChI is InChI=1S/C7H11N3/c1-5-6(2)9-10(3)7(5)4-8/h4,8H,1-3H3. The molecule has 54 valence electrons. The normalized spacial score (nSPS) is 9.90. The van der Waals surface area contributed by atoms with Crippen molar-refractivity contribution in [3.63, 3.8) is 0 Å². The molecule has 0 aliphatic rings. The van der Waals surface area contributed by atoms with Gasteiger partial charge in [-0.05, 0) is 19.4 Å². The summed E-state index contributed by atoms with van der Waals surface area (Å²) in [6.45, 7) is 3.92. The number of aromatic nitrogens is 2. The van der Waals surface area contributed by atoms with Gasteiger partial charge in [0.05, 0.1) is 11.4 Å². The fraction of sp³-hybridized carbons (Fsp3) is 0.429. The fourth-order valence-electron chi connectivity index (χ4n) is 0.984. The third-order valence-corrected chi connectivity index (χ3v) is 1.71. The third-order valence-electron chi connectivity index (χ3n) is 1.71. The Morgan fingerprint density at radius 1 is 1.50 bits per heavy atom. The number of nitrogens with zero attached hydrogens (tertiary/aromatic N) is 2. The van der Waals surface area contributed by atoms with Crippen molar-refractivity contribution >= 4 is 6.21 Å². The van der Waals surface area contributed by atoms with E-state index in [-0.39, 0.29) is 0 Å². The monoisotopic (exact) mass is 137 g/mol. The summed E-state index contributed by atoms with van der Waals surface area (Å²) in [7, 11) is 1.85. The fourth-order valence-corrected chi connectivity index (χ4v) is 0.984. The minimum atomic E-state index is 0.887. The summed E-state index contributed by atoms with van der Waals surface area (Å²) in [6, 6.07) is 0. The summed E-state index contributed by atoms with van der Waals surface area (Å²) < 4.78 is 1.72. The van der Waals surface area contributed by atoms with Gasteiger partial charge in [0.2, 0.25) is 0 Å². The van der Waals surface area contributed by atoms with Crippen LogP contribution >= 0.6 is 0 Å². The maximum absolute atomic E-state index is 7.05. The summed E-state index contributed by atoms with van der Waals surface area (Å²) in [6.07, 6.45) is 1.33. The van der Waals surface area contributed by atoms with E-state index in [2.05, 4.69) is 5.10 Å². The first-order valence-electron chi connectivity index (χ1n) is 3.17. The first kappa shape index (κ1) is 6.99. The second kappa shape index (κ2) is 2.25. The molecular weight excluding hydrogens is 126 g/mol. The molecule has 1 aromatic rings. The van der Waals surface area contributed by atoms with Gasteiger partial charge in [-0.3, -0.25) is 4.68 Å². The summed E-state index contributed by atoms with van der Waals surface area (Å²) in [5, 5.41) is 11.2. The van der Waals surface area contributed by atoms with Crippen LogP contribution in [0.2, 0.25) is 0 Å². The number of rotatable bonds is 1. The summed E-state index contributed by atoms with van der Waals surface area (Å²) >= 11 is 0. The van der Waals surface area contributed by atoms with Crippen molar-refractivity contribution in [3.8, 4) is 0 Å². The van der Waals surface area contributed by atoms with Gasteiger partial charge < -0.3 is 5.41 Å². The molecule has 0 bridgehead atoms. The molecule has 1 heterocycles. The van der Waals surface area contributed by atoms with Crippen molar-refractivity contribution in [2.75, 3.05) is 0 Å². The largest absolute Gasteiger partial charge is 0.307 e. The molecular formula is C7H11N3. The van der Waals surface area contributed by atoms with Gasteiger partial charge in [0.25, 0.3) is 0 Å². The molecule has 0 fully saturated rings. The Balaban J connectivity index is 3.33. The second-order valence-corrected chi connectivity index (χ2v) is 2.36. The van der Waals surface area contributed by atoms with Crippen LogP contribution in [0, 0.1) is 19.3 Å². The first-order chi connectivity index (χ1) is 4.66. The van der Waals surface area contributed by atoms with Crippen molar-refractivity contribution in [1.29, 1.82) is 5.41 Å². The molecule has 1 N–H and O–H groups in total. The minimum Gasteiger partial charge on any atom is -0.307 e. The molecule has 10 heavy (non-hydrogen) atoms. The van der Waals surface area contributed by atoms with Crippen molar-refractivity contribution in [2.45, 2.75) is 13.8 Å². The minimum absolute atomic E-state index is 0.887. The molecule has 0 aliphatic heterocycles. The molecule has 1 rings (SSSR count). The SMILES string of the molecule is Cc1nn(C)c(C=N)c1C. The van der Waals surface area contributed by atoms with E-state index in [4.69, 9.17) is 5.41 Å². The number of aryl methyl sites for hydroxylation is 2. The Bertz CT molecular complexity index is 260. The zero-order valence-electron chi connectivity index (χ0n) is 6.47. The quantitative estimate of drug-likeness (QED) is 0.577. The Hall–Kier alpha value is -1.12. The Kier molecular flexibility index (Phi) is 1.57. The van der Waals surface area contributed by atoms with E-state index in [1.165, 1.54) is 6.21 Å². The van der Waals surface area contributed by atoms with Crippen LogP contribution in [0.25, 0.3) is 0 Å². The Morgan fingerprint density at radius 2 is 2.10 bits per heavy atom. The van der Waals surface area contributed by atoms with Crippen molar-refractivity contribution in [3.05, 3.63) is 17.0 Å². The van der Waals surface area contributed by atoms with Crippen LogP contribution in [0.5, 0.6) is 0 Å². The maximum Gasteiger partial charge on any atom is 0.0814 e. The van der Waals surface area contributed by atoms with Gasteiger partial charge in [0.1, 0.15) is 0 Å². The molecule has 0 aliphatic carbocycles. The van der Waals surface area contributed by atoms with E-state index in [9.17, 15) is 0 Å². The van der Waals surface area contributed by atoms with E-state index in [1.54, 1.807) is 4.68 Å². The molecule has 1 aromatic heterocycles. The van der Waals surface area contributed by atoms with Gasteiger partial charge in [-0.15, -0.1) is 0 Å². The van der Waals surface area contributed by atoms with Crippen molar-refractivity contribution < 1.29 is 0 Å². The summed E-state index contributed by atoms with van der Waals surface area (Å²) in [4.78, 5) is 0. The average Bonchev–Trinajstić information content (AvgIpc) is 2.09. The van der Waals surface area contributed by atoms with Gasteiger partial charge in [0.15, 0.2) is 0 Å². The molecule has 0 spiro atoms. The molecule has 0 aromatic carbocycles. The molecule has 0 radical (unpaired) electrons. The zero-order chi connectivity index (χ0) is 7.72. The smallest absolute Gasteiger partial charge is 0.0814 e. The molecule has 0 amide bonds. The van der Waals surface area contributed by atoms with Crippen LogP contribution in [0.3, 0.4) is 0 Å². The lowest BCUT2D eigenvalue weighted by molar-refractivity contribution is 0.751. The Labute approximate surface area is 60.2 Å². The van der Waals surface area contributed by atoms with E-state index in [0.29, 0.717) is 0 Å². The van der Waals surface area contributed by atoms with Crippen LogP contribution in [-0.2, 0) is 7.05 Å². The lowest BCUT2D eigenvalue weighted by Gasteiger charge is -1.91. The van der Waals surface area contributed by atoms with Gasteiger partial charge in [0, 0.05) is 13.3 Å². The van der Waals surface area contributed by atoms with Crippen LogP contribution in [0.1, 0.15) is 17.0 Å². The topological polar surface area (TPSA) is 41.7 Å². The molecule has 3 nitrogen and oxygen atoms in total. The predicted octanol–water partition coefficient (Wildman–Crippen LogP) is 1.03. The lowest BCUT2D eigenvalue weighted by atomic mass is 10.2. The van der Waals surface area contributed by atoms with E-state index in [1.807, 2.05) is 20.9 Å². The molecule has 0 saturated heterocycles. The van der Waals surface area contributed by atoms with Crippen LogP contribution < -0.4 is 0 Å². The summed E-state index contributed by atoms with van der Waals surface area (Å²) in [5.41, 5.74) is 2.98. The molecule has 0 saturated carbocycles. The molecule has 0 atom stereocenters. The maximum atomic E-state index is 7.05. The van der Waals surface area contributed by atoms with Crippen LogP contribution in [-0.4, -0.2) is 16.0 Å². The highest BCUT2D eigenvalue weighted by molar-refractivity contribution is 5.76. The highest BCUT2D eigenvalue weighted by Gasteiger charge is 2.04. The molecule has 3 heteroatoms. The van der Waals surface area contributed by atoms with Gasteiger partial charge in [-0.1, -0.05) is 0 Å². The van der Waals surface area contributed by atoms with Crippen molar-refractivity contribution in [2.24, 2.45) is 7.05 Å². The summed E-state index contributed by atoms with van der Waals surface area (Å²) in [5.74, 6) is 0. The highest BCUT2D eigenvalue weighted by atomic mass is 15.3. The average molecular weight is 137 g/mol. The van der Waals surface area contributed by atoms with E-state index < -0.39 is 0 Å². The third kappa shape index (κ3) is 0.835. The van der Waals surface area contributed by atoms with Gasteiger partial charge >= 0.3 is 0 Å². The number of nitrogens with one attached hydrogen (secondary N) is 1. The van der Waals surface area contributed by atoms with Gasteiger partial charge in [-0.2, -0.15) is 5.10 Å². The lowest BCUT2D eigenvalue weighted by Crippen LogP contribution is -1.96. The highest BCUT2D eigenvalue weighted by Crippen LogP contribution is 2.07. The molecule has 0 unspecified atom stereocenters. The zero-order valence-corrected chi connectivity index (χ0v) is 6.47. The predicted molar refractivity (Wildman–Crippen MR) is 40.6 cm³/mol. The van der Waals surface area contributed by atoms with Crippen LogP contribution in [0.4, 0.5) is 0 Å². The van der Waals surface area contributed by atoms with E-state index >= 15 is 0 Å². The van der Waals surface area contributed by atoms with Crippen molar-refractivity contribution in [1.82, 2.24) is 9.78 Å². The van der Waals surface area contributed by atoms with Gasteiger partial charge in [-0.25, -0.2) is 0 Å². The van der Waals surface area contributed by atoms with E-state index in [0.717, 1.165) is 17.0 Å². The number of hydrogen-bond donors (Lipinski definition) is 1.